The van der Waals surface area contributed by atoms with Gasteiger partial charge in [-0.1, -0.05) is 145 Å². The maximum atomic E-state index is 12.1. The van der Waals surface area contributed by atoms with Crippen LogP contribution in [0.15, 0.2) is 60.8 Å². The molecule has 0 fully saturated rings. The van der Waals surface area contributed by atoms with E-state index in [2.05, 4.69) is 68.5 Å². The SMILES string of the molecule is CC/C=C\C/C=C\C/C=C\C/C=C\CCC(=O)OC(CO)COCCCCCCCCCC/C=C\CCCCCCCC. The highest BCUT2D eigenvalue weighted by Gasteiger charge is 2.13. The van der Waals surface area contributed by atoms with Crippen LogP contribution in [0, 0.1) is 0 Å². The van der Waals surface area contributed by atoms with Gasteiger partial charge in [-0.15, -0.1) is 0 Å². The van der Waals surface area contributed by atoms with Crippen LogP contribution in [0.2, 0.25) is 0 Å². The van der Waals surface area contributed by atoms with Crippen molar-refractivity contribution in [2.75, 3.05) is 19.8 Å². The number of rotatable bonds is 32. The molecule has 248 valence electrons. The third kappa shape index (κ3) is 34.4. The first-order chi connectivity index (χ1) is 21.2. The molecule has 0 aromatic carbocycles. The molecule has 0 aliphatic rings. The molecule has 0 radical (unpaired) electrons. The lowest BCUT2D eigenvalue weighted by molar-refractivity contribution is -0.154. The summed E-state index contributed by atoms with van der Waals surface area (Å²) in [5.41, 5.74) is 0. The second-order valence-corrected chi connectivity index (χ2v) is 11.6. The smallest absolute Gasteiger partial charge is 0.306 e. The van der Waals surface area contributed by atoms with Crippen molar-refractivity contribution in [2.24, 2.45) is 0 Å². The summed E-state index contributed by atoms with van der Waals surface area (Å²) in [5, 5.41) is 9.53. The van der Waals surface area contributed by atoms with Crippen molar-refractivity contribution in [1.29, 1.82) is 0 Å². The van der Waals surface area contributed by atoms with Crippen LogP contribution in [0.3, 0.4) is 0 Å². The Morgan fingerprint density at radius 2 is 1.05 bits per heavy atom. The number of unbranched alkanes of at least 4 members (excludes halogenated alkanes) is 14. The fraction of sp³-hybridized carbons (Fsp3) is 0.718. The van der Waals surface area contributed by atoms with Gasteiger partial charge < -0.3 is 14.6 Å². The van der Waals surface area contributed by atoms with Crippen LogP contribution in [0.5, 0.6) is 0 Å². The van der Waals surface area contributed by atoms with Crippen molar-refractivity contribution in [2.45, 2.75) is 161 Å². The van der Waals surface area contributed by atoms with Crippen molar-refractivity contribution in [3.8, 4) is 0 Å². The van der Waals surface area contributed by atoms with E-state index in [0.717, 1.165) is 32.1 Å². The molecule has 0 bridgehead atoms. The molecule has 0 saturated carbocycles. The van der Waals surface area contributed by atoms with E-state index in [0.29, 0.717) is 19.4 Å². The van der Waals surface area contributed by atoms with Crippen molar-refractivity contribution in [3.63, 3.8) is 0 Å². The van der Waals surface area contributed by atoms with Crippen molar-refractivity contribution < 1.29 is 19.4 Å². The van der Waals surface area contributed by atoms with Gasteiger partial charge in [0.15, 0.2) is 0 Å². The fourth-order valence-electron chi connectivity index (χ4n) is 4.69. The van der Waals surface area contributed by atoms with Crippen molar-refractivity contribution >= 4 is 5.97 Å². The summed E-state index contributed by atoms with van der Waals surface area (Å²) in [5.74, 6) is -0.283. The number of ether oxygens (including phenoxy) is 2. The van der Waals surface area contributed by atoms with E-state index >= 15 is 0 Å². The highest BCUT2D eigenvalue weighted by Crippen LogP contribution is 2.11. The lowest BCUT2D eigenvalue weighted by Gasteiger charge is -2.15. The Bertz CT molecular complexity index is 719. The van der Waals surface area contributed by atoms with Gasteiger partial charge in [0.05, 0.1) is 13.2 Å². The van der Waals surface area contributed by atoms with Crippen LogP contribution in [0.1, 0.15) is 155 Å². The number of allylic oxidation sites excluding steroid dienone is 10. The molecule has 0 rings (SSSR count). The summed E-state index contributed by atoms with van der Waals surface area (Å²) >= 11 is 0. The minimum atomic E-state index is -0.574. The zero-order valence-electron chi connectivity index (χ0n) is 28.2. The molecule has 0 aromatic rings. The zero-order chi connectivity index (χ0) is 31.3. The Morgan fingerprint density at radius 3 is 1.58 bits per heavy atom. The number of carbonyl (C=O) groups is 1. The van der Waals surface area contributed by atoms with Gasteiger partial charge in [0.2, 0.25) is 0 Å². The molecule has 0 spiro atoms. The number of aliphatic hydroxyl groups excluding tert-OH is 1. The molecule has 0 saturated heterocycles. The quantitative estimate of drug-likeness (QED) is 0.0474. The third-order valence-corrected chi connectivity index (χ3v) is 7.34. The number of esters is 1. The molecule has 0 aliphatic heterocycles. The monoisotopic (exact) mass is 601 g/mol. The molecule has 1 N–H and O–H groups in total. The van der Waals surface area contributed by atoms with Gasteiger partial charge >= 0.3 is 5.97 Å². The molecule has 4 heteroatoms. The molecule has 0 aliphatic carbocycles. The Balaban J connectivity index is 3.54. The Hall–Kier alpha value is -1.91. The van der Waals surface area contributed by atoms with Gasteiger partial charge in [-0.3, -0.25) is 4.79 Å². The molecule has 0 heterocycles. The number of hydrogen-bond donors (Lipinski definition) is 1. The zero-order valence-corrected chi connectivity index (χ0v) is 28.2. The summed E-state index contributed by atoms with van der Waals surface area (Å²) in [4.78, 5) is 12.1. The molecule has 43 heavy (non-hydrogen) atoms. The van der Waals surface area contributed by atoms with E-state index in [1.165, 1.54) is 96.3 Å². The van der Waals surface area contributed by atoms with E-state index in [4.69, 9.17) is 9.47 Å². The number of carbonyl (C=O) groups excluding carboxylic acids is 1. The maximum absolute atomic E-state index is 12.1. The molecule has 4 nitrogen and oxygen atoms in total. The van der Waals surface area contributed by atoms with Crippen molar-refractivity contribution in [1.82, 2.24) is 0 Å². The molecular formula is C39H68O4. The predicted molar refractivity (Wildman–Crippen MR) is 186 cm³/mol. The van der Waals surface area contributed by atoms with Crippen LogP contribution in [-0.4, -0.2) is 37.0 Å². The summed E-state index contributed by atoms with van der Waals surface area (Å²) in [7, 11) is 0. The first-order valence-corrected chi connectivity index (χ1v) is 17.9. The Kier molecular flexibility index (Phi) is 34.7. The first-order valence-electron chi connectivity index (χ1n) is 17.9. The van der Waals surface area contributed by atoms with Crippen LogP contribution in [0.25, 0.3) is 0 Å². The summed E-state index contributed by atoms with van der Waals surface area (Å²) in [6.45, 7) is 5.13. The van der Waals surface area contributed by atoms with Gasteiger partial charge in [0.1, 0.15) is 6.10 Å². The van der Waals surface area contributed by atoms with Crippen LogP contribution in [-0.2, 0) is 14.3 Å². The van der Waals surface area contributed by atoms with Gasteiger partial charge in [-0.25, -0.2) is 0 Å². The third-order valence-electron chi connectivity index (χ3n) is 7.34. The molecule has 1 atom stereocenters. The van der Waals surface area contributed by atoms with Gasteiger partial charge in [-0.2, -0.15) is 0 Å². The average molecular weight is 601 g/mol. The normalized spacial score (nSPS) is 13.1. The van der Waals surface area contributed by atoms with Crippen molar-refractivity contribution in [3.05, 3.63) is 60.8 Å². The Morgan fingerprint density at radius 1 is 0.581 bits per heavy atom. The van der Waals surface area contributed by atoms with Crippen LogP contribution in [0.4, 0.5) is 0 Å². The lowest BCUT2D eigenvalue weighted by atomic mass is 10.1. The highest BCUT2D eigenvalue weighted by molar-refractivity contribution is 5.69. The van der Waals surface area contributed by atoms with E-state index in [1.54, 1.807) is 0 Å². The second kappa shape index (κ2) is 36.3. The standard InChI is InChI=1S/C39H68O4/c1-3-5-7-9-11-13-15-17-18-19-20-21-23-25-27-29-31-33-35-42-37-38(36-40)43-39(41)34-32-30-28-26-24-22-16-14-12-10-8-6-4-2/h6,8,12,14,17-18,22,24,28,30,38,40H,3-5,7,9-11,13,15-16,19-21,23,25-27,29,31-37H2,1-2H3/b8-6-,14-12-,18-17-,24-22-,30-28-. The summed E-state index contributed by atoms with van der Waals surface area (Å²) in [6.07, 6.45) is 47.0. The maximum Gasteiger partial charge on any atom is 0.306 e. The molecule has 1 unspecified atom stereocenters. The van der Waals surface area contributed by atoms with E-state index in [-0.39, 0.29) is 19.2 Å². The topological polar surface area (TPSA) is 55.8 Å². The van der Waals surface area contributed by atoms with Gasteiger partial charge in [0, 0.05) is 13.0 Å². The summed E-state index contributed by atoms with van der Waals surface area (Å²) in [6, 6.07) is 0. The van der Waals surface area contributed by atoms with Crippen LogP contribution >= 0.6 is 0 Å². The minimum Gasteiger partial charge on any atom is -0.457 e. The fourth-order valence-corrected chi connectivity index (χ4v) is 4.69. The predicted octanol–water partition coefficient (Wildman–Crippen LogP) is 11.3. The lowest BCUT2D eigenvalue weighted by Crippen LogP contribution is -2.27. The van der Waals surface area contributed by atoms with E-state index in [9.17, 15) is 9.90 Å². The number of hydrogen-bond acceptors (Lipinski definition) is 4. The van der Waals surface area contributed by atoms with Gasteiger partial charge in [-0.05, 0) is 64.2 Å². The average Bonchev–Trinajstić information content (AvgIpc) is 3.01. The minimum absolute atomic E-state index is 0.204. The van der Waals surface area contributed by atoms with E-state index < -0.39 is 6.10 Å². The molecular weight excluding hydrogens is 532 g/mol. The van der Waals surface area contributed by atoms with Crippen LogP contribution < -0.4 is 0 Å². The molecule has 0 amide bonds. The Labute approximate surface area is 266 Å². The van der Waals surface area contributed by atoms with E-state index in [1.807, 2.05) is 6.08 Å². The van der Waals surface area contributed by atoms with Gasteiger partial charge in [0.25, 0.3) is 0 Å². The second-order valence-electron chi connectivity index (χ2n) is 11.6. The number of aliphatic hydroxyl groups is 1. The first kappa shape index (κ1) is 41.1. The highest BCUT2D eigenvalue weighted by atomic mass is 16.6. The largest absolute Gasteiger partial charge is 0.457 e. The summed E-state index contributed by atoms with van der Waals surface area (Å²) < 4.78 is 11.0. The molecule has 0 aromatic heterocycles.